The average Bonchev–Trinajstić information content (AvgIpc) is 3.00. The lowest BCUT2D eigenvalue weighted by atomic mass is 10.2. The second-order valence-corrected chi connectivity index (χ2v) is 8.32. The van der Waals surface area contributed by atoms with Crippen molar-refractivity contribution < 1.29 is 23.8 Å². The van der Waals surface area contributed by atoms with E-state index in [0.29, 0.717) is 19.6 Å². The van der Waals surface area contributed by atoms with E-state index in [4.69, 9.17) is 4.74 Å². The van der Waals surface area contributed by atoms with Crippen molar-refractivity contribution in [3.63, 3.8) is 0 Å². The van der Waals surface area contributed by atoms with Gasteiger partial charge in [-0.15, -0.1) is 0 Å². The topological polar surface area (TPSA) is 119 Å². The fourth-order valence-electron chi connectivity index (χ4n) is 3.03. The Labute approximate surface area is 190 Å². The van der Waals surface area contributed by atoms with Crippen molar-refractivity contribution >= 4 is 23.2 Å². The van der Waals surface area contributed by atoms with Gasteiger partial charge in [0.15, 0.2) is 0 Å². The van der Waals surface area contributed by atoms with Crippen molar-refractivity contribution in [2.45, 2.75) is 32.8 Å². The molecule has 0 aromatic heterocycles. The summed E-state index contributed by atoms with van der Waals surface area (Å²) in [4.78, 5) is 35.7. The zero-order valence-electron chi connectivity index (χ0n) is 18.8. The Balaban J connectivity index is 0.000000321. The number of amides is 1. The summed E-state index contributed by atoms with van der Waals surface area (Å²) < 4.78 is 17.5. The van der Waals surface area contributed by atoms with E-state index in [-0.39, 0.29) is 17.5 Å². The molecule has 0 atom stereocenters. The van der Waals surface area contributed by atoms with Crippen LogP contribution in [0.5, 0.6) is 0 Å². The van der Waals surface area contributed by atoms with Crippen LogP contribution in [-0.2, 0) is 4.74 Å². The highest BCUT2D eigenvalue weighted by Gasteiger charge is 2.24. The van der Waals surface area contributed by atoms with Crippen LogP contribution in [0, 0.1) is 26.0 Å². The summed E-state index contributed by atoms with van der Waals surface area (Å²) in [6.45, 7) is 8.27. The van der Waals surface area contributed by atoms with Gasteiger partial charge in [0.25, 0.3) is 11.4 Å². The maximum Gasteiger partial charge on any atom is 0.410 e. The van der Waals surface area contributed by atoms with Crippen LogP contribution in [0.25, 0.3) is 0 Å². The zero-order chi connectivity index (χ0) is 24.6. The summed E-state index contributed by atoms with van der Waals surface area (Å²) in [5, 5.41) is 20.7. The van der Waals surface area contributed by atoms with Gasteiger partial charge in [0.1, 0.15) is 11.4 Å². The van der Waals surface area contributed by atoms with Gasteiger partial charge in [0.05, 0.1) is 9.85 Å². The van der Waals surface area contributed by atoms with E-state index in [1.54, 1.807) is 17.0 Å². The second kappa shape index (κ2) is 11.2. The molecule has 3 rings (SSSR count). The van der Waals surface area contributed by atoms with Gasteiger partial charge in [0, 0.05) is 56.1 Å². The SMILES string of the molecule is CC(C)(C)OC(=O)N1CCCN(c2ccc([N+](=O)[O-])cc2)CC1.O=[N+]([O-])c1ccc(F)cc1. The molecule has 0 saturated carbocycles. The molecule has 2 aromatic carbocycles. The van der Waals surface area contributed by atoms with Crippen molar-refractivity contribution in [3.05, 3.63) is 74.6 Å². The predicted molar refractivity (Wildman–Crippen MR) is 121 cm³/mol. The number of rotatable bonds is 3. The molecule has 2 aromatic rings. The third-order valence-corrected chi connectivity index (χ3v) is 4.61. The first-order valence-electron chi connectivity index (χ1n) is 10.3. The van der Waals surface area contributed by atoms with Crippen LogP contribution in [0.2, 0.25) is 0 Å². The number of nitro benzene ring substituents is 2. The van der Waals surface area contributed by atoms with E-state index in [2.05, 4.69) is 4.90 Å². The van der Waals surface area contributed by atoms with E-state index in [0.717, 1.165) is 42.9 Å². The summed E-state index contributed by atoms with van der Waals surface area (Å²) >= 11 is 0. The van der Waals surface area contributed by atoms with Crippen LogP contribution >= 0.6 is 0 Å². The summed E-state index contributed by atoms with van der Waals surface area (Å²) in [7, 11) is 0. The molecule has 1 aliphatic heterocycles. The number of hydrogen-bond acceptors (Lipinski definition) is 7. The Hall–Kier alpha value is -3.76. The highest BCUT2D eigenvalue weighted by molar-refractivity contribution is 5.68. The van der Waals surface area contributed by atoms with Crippen molar-refractivity contribution in [1.82, 2.24) is 4.90 Å². The molecule has 11 heteroatoms. The van der Waals surface area contributed by atoms with E-state index in [9.17, 15) is 29.4 Å². The van der Waals surface area contributed by atoms with Gasteiger partial charge in [-0.25, -0.2) is 9.18 Å². The van der Waals surface area contributed by atoms with E-state index < -0.39 is 21.3 Å². The lowest BCUT2D eigenvalue weighted by Crippen LogP contribution is -2.39. The van der Waals surface area contributed by atoms with Gasteiger partial charge >= 0.3 is 6.09 Å². The molecule has 33 heavy (non-hydrogen) atoms. The van der Waals surface area contributed by atoms with E-state index in [1.807, 2.05) is 20.8 Å². The number of non-ortho nitro benzene ring substituents is 2. The number of benzene rings is 2. The third kappa shape index (κ3) is 8.36. The number of anilines is 1. The van der Waals surface area contributed by atoms with E-state index >= 15 is 0 Å². The summed E-state index contributed by atoms with van der Waals surface area (Å²) in [5.41, 5.74) is 0.420. The van der Waals surface area contributed by atoms with Crippen molar-refractivity contribution in [1.29, 1.82) is 0 Å². The average molecular weight is 462 g/mol. The lowest BCUT2D eigenvalue weighted by Gasteiger charge is -2.26. The molecule has 1 amide bonds. The van der Waals surface area contributed by atoms with Crippen LogP contribution in [0.1, 0.15) is 27.2 Å². The molecule has 0 spiro atoms. The van der Waals surface area contributed by atoms with Crippen molar-refractivity contribution in [3.8, 4) is 0 Å². The number of halogens is 1. The highest BCUT2D eigenvalue weighted by Crippen LogP contribution is 2.21. The van der Waals surface area contributed by atoms with Gasteiger partial charge in [-0.2, -0.15) is 0 Å². The molecular formula is C22H27FN4O6. The molecule has 0 unspecified atom stereocenters. The zero-order valence-corrected chi connectivity index (χ0v) is 18.8. The third-order valence-electron chi connectivity index (χ3n) is 4.61. The normalized spacial score (nSPS) is 13.9. The van der Waals surface area contributed by atoms with Crippen molar-refractivity contribution in [2.75, 3.05) is 31.1 Å². The van der Waals surface area contributed by atoms with Gasteiger partial charge in [-0.05, 0) is 51.5 Å². The first-order valence-corrected chi connectivity index (χ1v) is 10.3. The standard InChI is InChI=1S/C16H23N3O4.C6H4FNO2/c1-16(2,3)23-15(20)18-10-4-9-17(11-12-18)13-5-7-14(8-6-13)19(21)22;7-5-1-3-6(4-2-5)8(9)10/h5-8H,4,9-12H2,1-3H3;1-4H. The van der Waals surface area contributed by atoms with Gasteiger partial charge in [-0.1, -0.05) is 0 Å². The van der Waals surface area contributed by atoms with Crippen LogP contribution in [-0.4, -0.2) is 52.6 Å². The fourth-order valence-corrected chi connectivity index (χ4v) is 3.03. The summed E-state index contributed by atoms with van der Waals surface area (Å²) in [6, 6.07) is 10.9. The van der Waals surface area contributed by atoms with Crippen LogP contribution in [0.3, 0.4) is 0 Å². The predicted octanol–water partition coefficient (Wildman–Crippen LogP) is 4.78. The molecule has 10 nitrogen and oxygen atoms in total. The Bertz CT molecular complexity index is 960. The maximum atomic E-state index is 12.1. The Morgan fingerprint density at radius 1 is 0.879 bits per heavy atom. The minimum absolute atomic E-state index is 0.0824. The number of hydrogen-bond donors (Lipinski definition) is 0. The summed E-state index contributed by atoms with van der Waals surface area (Å²) in [6.07, 6.45) is 0.541. The highest BCUT2D eigenvalue weighted by atomic mass is 19.1. The molecule has 178 valence electrons. The number of nitrogens with zero attached hydrogens (tertiary/aromatic N) is 4. The monoisotopic (exact) mass is 462 g/mol. The molecule has 1 heterocycles. The molecule has 1 fully saturated rings. The molecule has 1 aliphatic rings. The fraction of sp³-hybridized carbons (Fsp3) is 0.409. The largest absolute Gasteiger partial charge is 0.444 e. The number of carbonyl (C=O) groups excluding carboxylic acids is 1. The van der Waals surface area contributed by atoms with Gasteiger partial charge < -0.3 is 14.5 Å². The Kier molecular flexibility index (Phi) is 8.66. The molecular weight excluding hydrogens is 435 g/mol. The second-order valence-electron chi connectivity index (χ2n) is 8.32. The Morgan fingerprint density at radius 3 is 1.88 bits per heavy atom. The summed E-state index contributed by atoms with van der Waals surface area (Å²) in [5.74, 6) is -0.467. The minimum Gasteiger partial charge on any atom is -0.444 e. The molecule has 0 aliphatic carbocycles. The van der Waals surface area contributed by atoms with Crippen molar-refractivity contribution in [2.24, 2.45) is 0 Å². The molecule has 0 bridgehead atoms. The molecule has 0 radical (unpaired) electrons. The number of nitro groups is 2. The molecule has 0 N–H and O–H groups in total. The minimum atomic E-state index is -0.570. The smallest absolute Gasteiger partial charge is 0.410 e. The van der Waals surface area contributed by atoms with Gasteiger partial charge in [-0.3, -0.25) is 20.2 Å². The van der Waals surface area contributed by atoms with Crippen LogP contribution in [0.15, 0.2) is 48.5 Å². The lowest BCUT2D eigenvalue weighted by molar-refractivity contribution is -0.385. The number of carbonyl (C=O) groups is 1. The van der Waals surface area contributed by atoms with Gasteiger partial charge in [0.2, 0.25) is 0 Å². The Morgan fingerprint density at radius 2 is 1.39 bits per heavy atom. The van der Waals surface area contributed by atoms with Crippen LogP contribution in [0.4, 0.5) is 26.2 Å². The maximum absolute atomic E-state index is 12.1. The first kappa shape index (κ1) is 25.5. The quantitative estimate of drug-likeness (QED) is 0.476. The number of ether oxygens (including phenoxy) is 1. The first-order chi connectivity index (χ1) is 15.5. The van der Waals surface area contributed by atoms with Crippen LogP contribution < -0.4 is 4.90 Å². The molecule has 1 saturated heterocycles. The van der Waals surface area contributed by atoms with E-state index in [1.165, 1.54) is 12.1 Å².